The number of rotatable bonds is 8. The SMILES string of the molecule is CCC[C@@H](C)NC(=O)COC(=O)c1cc2c(C)nn(Cc3ccc(F)cc3)c2s1. The molecule has 8 heteroatoms. The first-order valence-electron chi connectivity index (χ1n) is 9.55. The maximum absolute atomic E-state index is 13.1. The summed E-state index contributed by atoms with van der Waals surface area (Å²) in [6.45, 7) is 6.00. The maximum Gasteiger partial charge on any atom is 0.348 e. The molecule has 154 valence electrons. The largest absolute Gasteiger partial charge is 0.451 e. The van der Waals surface area contributed by atoms with Gasteiger partial charge in [0.2, 0.25) is 0 Å². The minimum Gasteiger partial charge on any atom is -0.451 e. The summed E-state index contributed by atoms with van der Waals surface area (Å²) in [5, 5.41) is 8.18. The zero-order valence-electron chi connectivity index (χ0n) is 16.7. The number of aromatic nitrogens is 2. The molecule has 1 aromatic carbocycles. The molecule has 29 heavy (non-hydrogen) atoms. The molecule has 0 radical (unpaired) electrons. The molecule has 1 N–H and O–H groups in total. The van der Waals surface area contributed by atoms with Crippen molar-refractivity contribution in [3.63, 3.8) is 0 Å². The Labute approximate surface area is 172 Å². The quantitative estimate of drug-likeness (QED) is 0.561. The van der Waals surface area contributed by atoms with Gasteiger partial charge in [0.1, 0.15) is 15.5 Å². The van der Waals surface area contributed by atoms with E-state index in [9.17, 15) is 14.0 Å². The normalized spacial score (nSPS) is 12.1. The Balaban J connectivity index is 1.68. The number of nitrogens with one attached hydrogen (secondary N) is 1. The van der Waals surface area contributed by atoms with Crippen LogP contribution in [0, 0.1) is 12.7 Å². The summed E-state index contributed by atoms with van der Waals surface area (Å²) in [5.74, 6) is -1.12. The fraction of sp³-hybridized carbons (Fsp3) is 0.381. The summed E-state index contributed by atoms with van der Waals surface area (Å²) in [6, 6.07) is 8.02. The van der Waals surface area contributed by atoms with Crippen LogP contribution in [0.3, 0.4) is 0 Å². The molecule has 2 aromatic heterocycles. The first kappa shape index (κ1) is 21.0. The number of hydrogen-bond donors (Lipinski definition) is 1. The maximum atomic E-state index is 13.1. The molecule has 0 aliphatic carbocycles. The van der Waals surface area contributed by atoms with Crippen molar-refractivity contribution in [2.24, 2.45) is 0 Å². The average molecular weight is 418 g/mol. The number of thiophene rings is 1. The molecular formula is C21H24FN3O3S. The number of fused-ring (bicyclic) bond motifs is 1. The molecule has 0 saturated carbocycles. The fourth-order valence-electron chi connectivity index (χ4n) is 3.11. The van der Waals surface area contributed by atoms with Gasteiger partial charge in [-0.1, -0.05) is 25.5 Å². The van der Waals surface area contributed by atoms with Gasteiger partial charge >= 0.3 is 5.97 Å². The molecule has 0 bridgehead atoms. The predicted octanol–water partition coefficient (Wildman–Crippen LogP) is 4.06. The summed E-state index contributed by atoms with van der Waals surface area (Å²) in [6.07, 6.45) is 1.84. The van der Waals surface area contributed by atoms with Gasteiger partial charge in [-0.25, -0.2) is 9.18 Å². The number of nitrogens with zero attached hydrogens (tertiary/aromatic N) is 2. The van der Waals surface area contributed by atoms with Crippen LogP contribution in [0.25, 0.3) is 10.2 Å². The number of benzene rings is 1. The van der Waals surface area contributed by atoms with Crippen molar-refractivity contribution in [2.75, 3.05) is 6.61 Å². The average Bonchev–Trinajstić information content (AvgIpc) is 3.23. The highest BCUT2D eigenvalue weighted by Crippen LogP contribution is 2.29. The minimum absolute atomic E-state index is 0.0515. The monoisotopic (exact) mass is 417 g/mol. The van der Waals surface area contributed by atoms with E-state index < -0.39 is 5.97 Å². The molecule has 0 saturated heterocycles. The lowest BCUT2D eigenvalue weighted by Crippen LogP contribution is -2.35. The molecule has 3 rings (SSSR count). The molecule has 3 aromatic rings. The Morgan fingerprint density at radius 1 is 1.31 bits per heavy atom. The standard InChI is InChI=1S/C21H24FN3O3S/c1-4-5-13(2)23-19(26)12-28-21(27)18-10-17-14(3)24-25(20(17)29-18)11-15-6-8-16(22)9-7-15/h6-10,13H,4-5,11-12H2,1-3H3,(H,23,26)/t13-/m1/s1. The lowest BCUT2D eigenvalue weighted by atomic mass is 10.2. The minimum atomic E-state index is -0.530. The topological polar surface area (TPSA) is 73.2 Å². The van der Waals surface area contributed by atoms with Crippen molar-refractivity contribution < 1.29 is 18.7 Å². The molecular weight excluding hydrogens is 393 g/mol. The molecule has 0 unspecified atom stereocenters. The van der Waals surface area contributed by atoms with E-state index in [1.165, 1.54) is 23.5 Å². The molecule has 0 fully saturated rings. The summed E-state index contributed by atoms with van der Waals surface area (Å²) in [5.41, 5.74) is 1.70. The third kappa shape index (κ3) is 5.20. The van der Waals surface area contributed by atoms with E-state index in [-0.39, 0.29) is 24.4 Å². The molecule has 2 heterocycles. The van der Waals surface area contributed by atoms with Crippen LogP contribution in [0.2, 0.25) is 0 Å². The third-order valence-electron chi connectivity index (χ3n) is 4.52. The highest BCUT2D eigenvalue weighted by atomic mass is 32.1. The molecule has 1 amide bonds. The van der Waals surface area contributed by atoms with Crippen molar-refractivity contribution in [3.8, 4) is 0 Å². The van der Waals surface area contributed by atoms with Crippen LogP contribution in [0.1, 0.15) is 47.6 Å². The summed E-state index contributed by atoms with van der Waals surface area (Å²) >= 11 is 1.27. The van der Waals surface area contributed by atoms with E-state index in [0.717, 1.165) is 34.3 Å². The van der Waals surface area contributed by atoms with Gasteiger partial charge in [-0.05, 0) is 44.0 Å². The Morgan fingerprint density at radius 3 is 2.72 bits per heavy atom. The van der Waals surface area contributed by atoms with Gasteiger partial charge in [0.25, 0.3) is 5.91 Å². The van der Waals surface area contributed by atoms with Gasteiger partial charge in [-0.15, -0.1) is 11.3 Å². The van der Waals surface area contributed by atoms with Crippen molar-refractivity contribution in [2.45, 2.75) is 46.2 Å². The number of halogens is 1. The van der Waals surface area contributed by atoms with Gasteiger partial charge in [0, 0.05) is 11.4 Å². The number of carbonyl (C=O) groups excluding carboxylic acids is 2. The van der Waals surface area contributed by atoms with Crippen molar-refractivity contribution in [1.29, 1.82) is 0 Å². The van der Waals surface area contributed by atoms with E-state index >= 15 is 0 Å². The zero-order chi connectivity index (χ0) is 21.0. The van der Waals surface area contributed by atoms with Crippen LogP contribution in [-0.2, 0) is 16.1 Å². The smallest absolute Gasteiger partial charge is 0.348 e. The second-order valence-corrected chi connectivity index (χ2v) is 8.06. The van der Waals surface area contributed by atoms with E-state index in [4.69, 9.17) is 4.74 Å². The summed E-state index contributed by atoms with van der Waals surface area (Å²) in [4.78, 5) is 25.5. The second kappa shape index (κ2) is 9.17. The van der Waals surface area contributed by atoms with Crippen LogP contribution in [0.5, 0.6) is 0 Å². The first-order valence-corrected chi connectivity index (χ1v) is 10.4. The number of carbonyl (C=O) groups is 2. The Bertz CT molecular complexity index is 1010. The lowest BCUT2D eigenvalue weighted by Gasteiger charge is -2.12. The van der Waals surface area contributed by atoms with Gasteiger partial charge < -0.3 is 10.1 Å². The van der Waals surface area contributed by atoms with Gasteiger partial charge in [0.15, 0.2) is 6.61 Å². The Morgan fingerprint density at radius 2 is 2.03 bits per heavy atom. The molecule has 0 aliphatic rings. The van der Waals surface area contributed by atoms with E-state index in [1.807, 2.05) is 20.8 Å². The van der Waals surface area contributed by atoms with Gasteiger partial charge in [0.05, 0.1) is 12.2 Å². The molecule has 6 nitrogen and oxygen atoms in total. The molecule has 0 spiro atoms. The van der Waals surface area contributed by atoms with E-state index in [0.29, 0.717) is 11.4 Å². The van der Waals surface area contributed by atoms with Crippen LogP contribution < -0.4 is 5.32 Å². The van der Waals surface area contributed by atoms with E-state index in [2.05, 4.69) is 10.4 Å². The van der Waals surface area contributed by atoms with Crippen molar-refractivity contribution in [3.05, 3.63) is 52.3 Å². The molecule has 0 aliphatic heterocycles. The Kier molecular flexibility index (Phi) is 6.64. The van der Waals surface area contributed by atoms with Crippen LogP contribution >= 0.6 is 11.3 Å². The second-order valence-electron chi connectivity index (χ2n) is 7.03. The van der Waals surface area contributed by atoms with Crippen LogP contribution in [-0.4, -0.2) is 34.3 Å². The number of hydrogen-bond acceptors (Lipinski definition) is 5. The van der Waals surface area contributed by atoms with Crippen molar-refractivity contribution in [1.82, 2.24) is 15.1 Å². The zero-order valence-corrected chi connectivity index (χ0v) is 17.5. The van der Waals surface area contributed by atoms with E-state index in [1.54, 1.807) is 22.9 Å². The predicted molar refractivity (Wildman–Crippen MR) is 111 cm³/mol. The van der Waals surface area contributed by atoms with Crippen molar-refractivity contribution >= 4 is 33.4 Å². The highest BCUT2D eigenvalue weighted by Gasteiger charge is 2.18. The van der Waals surface area contributed by atoms with Gasteiger partial charge in [-0.3, -0.25) is 9.48 Å². The number of amides is 1. The van der Waals surface area contributed by atoms with Crippen LogP contribution in [0.4, 0.5) is 4.39 Å². The Hall–Kier alpha value is -2.74. The fourth-order valence-corrected chi connectivity index (χ4v) is 4.16. The number of aryl methyl sites for hydroxylation is 1. The third-order valence-corrected chi connectivity index (χ3v) is 5.65. The summed E-state index contributed by atoms with van der Waals surface area (Å²) < 4.78 is 20.1. The lowest BCUT2D eigenvalue weighted by molar-refractivity contribution is -0.124. The molecule has 1 atom stereocenters. The van der Waals surface area contributed by atoms with Crippen LogP contribution in [0.15, 0.2) is 30.3 Å². The number of esters is 1. The first-order chi connectivity index (χ1) is 13.9. The summed E-state index contributed by atoms with van der Waals surface area (Å²) in [7, 11) is 0. The van der Waals surface area contributed by atoms with Gasteiger partial charge in [-0.2, -0.15) is 5.10 Å². The highest BCUT2D eigenvalue weighted by molar-refractivity contribution is 7.20. The number of ether oxygens (including phenoxy) is 1.